The fraction of sp³-hybridized carbons (Fsp3) is 0.429. The SMILES string of the molecule is OC(CCc1cccs1)c1cc2c(s1)CCSC2. The Kier molecular flexibility index (Phi) is 4.09. The van der Waals surface area contributed by atoms with Crippen LogP contribution in [0.15, 0.2) is 23.6 Å². The summed E-state index contributed by atoms with van der Waals surface area (Å²) < 4.78 is 0. The Morgan fingerprint density at radius 3 is 3.11 bits per heavy atom. The number of aryl methyl sites for hydroxylation is 2. The molecule has 0 spiro atoms. The van der Waals surface area contributed by atoms with Crippen molar-refractivity contribution in [3.05, 3.63) is 43.8 Å². The summed E-state index contributed by atoms with van der Waals surface area (Å²) in [4.78, 5) is 4.03. The number of hydrogen-bond donors (Lipinski definition) is 1. The maximum Gasteiger partial charge on any atom is 0.0885 e. The van der Waals surface area contributed by atoms with Crippen molar-refractivity contribution < 1.29 is 5.11 Å². The Balaban J connectivity index is 1.64. The normalized spacial score (nSPS) is 16.5. The molecule has 0 bridgehead atoms. The first kappa shape index (κ1) is 12.7. The highest BCUT2D eigenvalue weighted by Crippen LogP contribution is 2.35. The van der Waals surface area contributed by atoms with Crippen LogP contribution in [0.5, 0.6) is 0 Å². The average molecular weight is 296 g/mol. The van der Waals surface area contributed by atoms with Crippen molar-refractivity contribution in [2.45, 2.75) is 31.1 Å². The molecule has 1 aliphatic rings. The van der Waals surface area contributed by atoms with Crippen LogP contribution in [0.25, 0.3) is 0 Å². The topological polar surface area (TPSA) is 20.2 Å². The number of aliphatic hydroxyl groups excluding tert-OH is 1. The lowest BCUT2D eigenvalue weighted by molar-refractivity contribution is 0.172. The van der Waals surface area contributed by atoms with Crippen LogP contribution in [-0.2, 0) is 18.6 Å². The number of hydrogen-bond acceptors (Lipinski definition) is 4. The van der Waals surface area contributed by atoms with E-state index in [9.17, 15) is 5.11 Å². The van der Waals surface area contributed by atoms with Gasteiger partial charge in [-0.15, -0.1) is 22.7 Å². The molecule has 0 radical (unpaired) electrons. The van der Waals surface area contributed by atoms with Gasteiger partial charge >= 0.3 is 0 Å². The van der Waals surface area contributed by atoms with Gasteiger partial charge in [-0.05, 0) is 48.1 Å². The number of fused-ring (bicyclic) bond motifs is 1. The number of thioether (sulfide) groups is 1. The highest BCUT2D eigenvalue weighted by molar-refractivity contribution is 7.98. The quantitative estimate of drug-likeness (QED) is 0.909. The van der Waals surface area contributed by atoms with Gasteiger partial charge in [-0.2, -0.15) is 11.8 Å². The van der Waals surface area contributed by atoms with Crippen LogP contribution < -0.4 is 0 Å². The molecule has 0 aliphatic carbocycles. The molecule has 18 heavy (non-hydrogen) atoms. The molecule has 4 heteroatoms. The largest absolute Gasteiger partial charge is 0.388 e. The van der Waals surface area contributed by atoms with Crippen LogP contribution in [0, 0.1) is 0 Å². The smallest absolute Gasteiger partial charge is 0.0885 e. The lowest BCUT2D eigenvalue weighted by atomic mass is 10.1. The summed E-state index contributed by atoms with van der Waals surface area (Å²) in [6.07, 6.45) is 2.72. The van der Waals surface area contributed by atoms with E-state index in [1.807, 2.05) is 23.1 Å². The monoisotopic (exact) mass is 296 g/mol. The first-order valence-electron chi connectivity index (χ1n) is 6.22. The molecular formula is C14H16OS3. The van der Waals surface area contributed by atoms with Crippen molar-refractivity contribution in [2.24, 2.45) is 0 Å². The lowest BCUT2D eigenvalue weighted by Gasteiger charge is -2.08. The van der Waals surface area contributed by atoms with Crippen LogP contribution in [0.4, 0.5) is 0 Å². The Morgan fingerprint density at radius 2 is 2.33 bits per heavy atom. The molecule has 0 saturated heterocycles. The summed E-state index contributed by atoms with van der Waals surface area (Å²) in [6.45, 7) is 0. The van der Waals surface area contributed by atoms with E-state index in [2.05, 4.69) is 23.6 Å². The zero-order valence-electron chi connectivity index (χ0n) is 10.1. The van der Waals surface area contributed by atoms with E-state index in [1.165, 1.54) is 32.4 Å². The molecule has 3 heterocycles. The number of aliphatic hydroxyl groups is 1. The first-order valence-corrected chi connectivity index (χ1v) is 9.07. The maximum absolute atomic E-state index is 10.3. The lowest BCUT2D eigenvalue weighted by Crippen LogP contribution is -1.96. The summed E-state index contributed by atoms with van der Waals surface area (Å²) in [7, 11) is 0. The Bertz CT molecular complexity index is 478. The predicted molar refractivity (Wildman–Crippen MR) is 81.8 cm³/mol. The molecule has 1 aliphatic heterocycles. The summed E-state index contributed by atoms with van der Waals surface area (Å²) in [6, 6.07) is 6.45. The molecule has 0 amide bonds. The van der Waals surface area contributed by atoms with Crippen molar-refractivity contribution in [3.63, 3.8) is 0 Å². The number of thiophene rings is 2. The van der Waals surface area contributed by atoms with Crippen molar-refractivity contribution in [1.82, 2.24) is 0 Å². The fourth-order valence-corrected chi connectivity index (χ4v) is 5.33. The third-order valence-electron chi connectivity index (χ3n) is 3.22. The van der Waals surface area contributed by atoms with Gasteiger partial charge in [0.2, 0.25) is 0 Å². The van der Waals surface area contributed by atoms with Crippen molar-refractivity contribution in [1.29, 1.82) is 0 Å². The Hall–Kier alpha value is -0.290. The van der Waals surface area contributed by atoms with E-state index in [4.69, 9.17) is 0 Å². The van der Waals surface area contributed by atoms with Gasteiger partial charge < -0.3 is 5.11 Å². The molecule has 1 unspecified atom stereocenters. The highest BCUT2D eigenvalue weighted by Gasteiger charge is 2.17. The van der Waals surface area contributed by atoms with Crippen molar-refractivity contribution in [2.75, 3.05) is 5.75 Å². The van der Waals surface area contributed by atoms with Crippen molar-refractivity contribution >= 4 is 34.4 Å². The molecule has 1 atom stereocenters. The average Bonchev–Trinajstić information content (AvgIpc) is 3.04. The van der Waals surface area contributed by atoms with Gasteiger partial charge in [0.05, 0.1) is 6.10 Å². The van der Waals surface area contributed by atoms with E-state index in [0.717, 1.165) is 18.6 Å². The molecule has 2 aromatic rings. The summed E-state index contributed by atoms with van der Waals surface area (Å²) >= 11 is 5.60. The van der Waals surface area contributed by atoms with Crippen LogP contribution in [0.2, 0.25) is 0 Å². The third kappa shape index (κ3) is 2.82. The minimum atomic E-state index is -0.285. The van der Waals surface area contributed by atoms with Gasteiger partial charge in [-0.25, -0.2) is 0 Å². The van der Waals surface area contributed by atoms with E-state index in [0.29, 0.717) is 0 Å². The van der Waals surface area contributed by atoms with Crippen LogP contribution >= 0.6 is 34.4 Å². The minimum absolute atomic E-state index is 0.285. The summed E-state index contributed by atoms with van der Waals surface area (Å²) in [5.41, 5.74) is 1.46. The fourth-order valence-electron chi connectivity index (χ4n) is 2.21. The molecule has 0 fully saturated rings. The minimum Gasteiger partial charge on any atom is -0.388 e. The van der Waals surface area contributed by atoms with Gasteiger partial charge in [0, 0.05) is 20.4 Å². The molecule has 0 aromatic carbocycles. The number of rotatable bonds is 4. The Morgan fingerprint density at radius 1 is 1.39 bits per heavy atom. The molecule has 1 N–H and O–H groups in total. The van der Waals surface area contributed by atoms with Gasteiger partial charge in [0.1, 0.15) is 0 Å². The molecule has 0 saturated carbocycles. The van der Waals surface area contributed by atoms with Gasteiger partial charge in [0.15, 0.2) is 0 Å². The summed E-state index contributed by atoms with van der Waals surface area (Å²) in [5, 5.41) is 12.4. The standard InChI is InChI=1S/C14H16OS3/c15-12(4-3-11-2-1-6-17-11)14-8-10-9-16-7-5-13(10)18-14/h1-2,6,8,12,15H,3-5,7,9H2. The molecule has 2 aromatic heterocycles. The van der Waals surface area contributed by atoms with Crippen LogP contribution in [0.1, 0.15) is 32.7 Å². The second-order valence-corrected chi connectivity index (χ2v) is 7.84. The third-order valence-corrected chi connectivity index (χ3v) is 6.50. The molecule has 3 rings (SSSR count). The van der Waals surface area contributed by atoms with E-state index < -0.39 is 0 Å². The molecular weight excluding hydrogens is 280 g/mol. The van der Waals surface area contributed by atoms with E-state index in [1.54, 1.807) is 11.3 Å². The summed E-state index contributed by atoms with van der Waals surface area (Å²) in [5.74, 6) is 2.36. The van der Waals surface area contributed by atoms with Gasteiger partial charge in [-0.1, -0.05) is 6.07 Å². The predicted octanol–water partition coefficient (Wildman–Crippen LogP) is 4.27. The zero-order valence-corrected chi connectivity index (χ0v) is 12.5. The first-order chi connectivity index (χ1) is 8.83. The Labute approximate surface area is 120 Å². The van der Waals surface area contributed by atoms with Gasteiger partial charge in [0.25, 0.3) is 0 Å². The van der Waals surface area contributed by atoms with Crippen LogP contribution in [-0.4, -0.2) is 10.9 Å². The highest BCUT2D eigenvalue weighted by atomic mass is 32.2. The zero-order chi connectivity index (χ0) is 12.4. The molecule has 1 nitrogen and oxygen atoms in total. The van der Waals surface area contributed by atoms with Gasteiger partial charge in [-0.3, -0.25) is 0 Å². The van der Waals surface area contributed by atoms with Crippen molar-refractivity contribution in [3.8, 4) is 0 Å². The molecule has 96 valence electrons. The van der Waals surface area contributed by atoms with E-state index in [-0.39, 0.29) is 6.10 Å². The maximum atomic E-state index is 10.3. The second-order valence-electron chi connectivity index (χ2n) is 4.53. The second kappa shape index (κ2) is 5.78. The van der Waals surface area contributed by atoms with E-state index >= 15 is 0 Å². The van der Waals surface area contributed by atoms with Crippen LogP contribution in [0.3, 0.4) is 0 Å².